The molecule has 0 aliphatic heterocycles. The third-order valence-corrected chi connectivity index (χ3v) is 6.46. The number of rotatable bonds is 10. The summed E-state index contributed by atoms with van der Waals surface area (Å²) in [5, 5.41) is 3.13. The van der Waals surface area contributed by atoms with E-state index in [1.54, 1.807) is 19.1 Å². The summed E-state index contributed by atoms with van der Waals surface area (Å²) >= 11 is 6.11. The highest BCUT2D eigenvalue weighted by Crippen LogP contribution is 2.35. The van der Waals surface area contributed by atoms with Gasteiger partial charge >= 0.3 is 0 Å². The molecule has 0 aromatic heterocycles. The van der Waals surface area contributed by atoms with Crippen LogP contribution in [0, 0.1) is 0 Å². The fourth-order valence-electron chi connectivity index (χ4n) is 3.54. The minimum Gasteiger partial charge on any atom is -0.495 e. The van der Waals surface area contributed by atoms with Gasteiger partial charge in [0.1, 0.15) is 24.1 Å². The molecule has 0 heterocycles. The van der Waals surface area contributed by atoms with Crippen LogP contribution in [0.4, 0.5) is 5.69 Å². The van der Waals surface area contributed by atoms with Crippen molar-refractivity contribution in [3.05, 3.63) is 53.1 Å². The highest BCUT2D eigenvalue weighted by molar-refractivity contribution is 7.92. The predicted octanol–water partition coefficient (Wildman–Crippen LogP) is 4.39. The Balaban J connectivity index is 2.16. The van der Waals surface area contributed by atoms with Crippen LogP contribution in [0.15, 0.2) is 42.5 Å². The Hall–Kier alpha value is -2.45. The largest absolute Gasteiger partial charge is 0.495 e. The van der Waals surface area contributed by atoms with Crippen LogP contribution < -0.4 is 19.1 Å². The van der Waals surface area contributed by atoms with Crippen molar-refractivity contribution in [1.29, 1.82) is 0 Å². The lowest BCUT2D eigenvalue weighted by atomic mass is 9.86. The molecule has 33 heavy (non-hydrogen) atoms. The predicted molar refractivity (Wildman–Crippen MR) is 133 cm³/mol. The molecule has 9 heteroatoms. The molecule has 0 aliphatic rings. The second kappa shape index (κ2) is 11.1. The Morgan fingerprint density at radius 3 is 2.39 bits per heavy atom. The molecule has 2 aromatic carbocycles. The van der Waals surface area contributed by atoms with E-state index < -0.39 is 22.0 Å². The summed E-state index contributed by atoms with van der Waals surface area (Å²) in [6.45, 7) is 8.52. The summed E-state index contributed by atoms with van der Waals surface area (Å²) in [6.07, 6.45) is 1.30. The van der Waals surface area contributed by atoms with Crippen molar-refractivity contribution in [2.45, 2.75) is 45.6 Å². The van der Waals surface area contributed by atoms with E-state index >= 15 is 0 Å². The van der Waals surface area contributed by atoms with Crippen molar-refractivity contribution in [2.24, 2.45) is 0 Å². The molecule has 2 aromatic rings. The highest BCUT2D eigenvalue weighted by atomic mass is 35.5. The number of anilines is 1. The monoisotopic (exact) mass is 496 g/mol. The normalized spacial score (nSPS) is 12.7. The molecular formula is C24H33ClN2O5S. The van der Waals surface area contributed by atoms with Crippen molar-refractivity contribution in [3.63, 3.8) is 0 Å². The van der Waals surface area contributed by atoms with E-state index in [1.165, 1.54) is 13.2 Å². The van der Waals surface area contributed by atoms with Crippen molar-refractivity contribution in [3.8, 4) is 11.5 Å². The number of nitrogens with zero attached hydrogens (tertiary/aromatic N) is 1. The second-order valence-electron chi connectivity index (χ2n) is 8.68. The first-order chi connectivity index (χ1) is 15.4. The summed E-state index contributed by atoms with van der Waals surface area (Å²) in [6, 6.07) is 11.4. The van der Waals surface area contributed by atoms with Crippen LogP contribution in [-0.4, -0.2) is 46.9 Å². The minimum absolute atomic E-state index is 0.0842. The van der Waals surface area contributed by atoms with Gasteiger partial charge in [-0.25, -0.2) is 8.42 Å². The number of hydrogen-bond donors (Lipinski definition) is 1. The SMILES string of the molecule is CC[C@H](C(=O)NCCOc1ccccc1C(C)(C)C)N(c1cc(Cl)ccc1OC)S(C)(=O)=O. The van der Waals surface area contributed by atoms with E-state index in [9.17, 15) is 13.2 Å². The number of halogens is 1. The van der Waals surface area contributed by atoms with Crippen molar-refractivity contribution < 1.29 is 22.7 Å². The first-order valence-corrected chi connectivity index (χ1v) is 13.0. The fraction of sp³-hybridized carbons (Fsp3) is 0.458. The van der Waals surface area contributed by atoms with Gasteiger partial charge in [0.25, 0.3) is 0 Å². The number of hydrogen-bond acceptors (Lipinski definition) is 5. The second-order valence-corrected chi connectivity index (χ2v) is 11.0. The van der Waals surface area contributed by atoms with E-state index in [4.69, 9.17) is 21.1 Å². The van der Waals surface area contributed by atoms with Crippen LogP contribution in [-0.2, 0) is 20.2 Å². The lowest BCUT2D eigenvalue weighted by molar-refractivity contribution is -0.122. The lowest BCUT2D eigenvalue weighted by Crippen LogP contribution is -2.50. The van der Waals surface area contributed by atoms with Gasteiger partial charge in [-0.1, -0.05) is 57.5 Å². The average Bonchev–Trinajstić information content (AvgIpc) is 2.73. The molecule has 0 unspecified atom stereocenters. The van der Waals surface area contributed by atoms with Crippen LogP contribution in [0.1, 0.15) is 39.7 Å². The maximum atomic E-state index is 13.0. The molecule has 0 spiro atoms. The van der Waals surface area contributed by atoms with Gasteiger partial charge in [0.2, 0.25) is 15.9 Å². The first-order valence-electron chi connectivity index (χ1n) is 10.7. The topological polar surface area (TPSA) is 84.9 Å². The third kappa shape index (κ3) is 7.01. The van der Waals surface area contributed by atoms with E-state index in [-0.39, 0.29) is 30.7 Å². The Labute approximate surface area is 202 Å². The highest BCUT2D eigenvalue weighted by Gasteiger charge is 2.33. The van der Waals surface area contributed by atoms with Gasteiger partial charge in [-0.15, -0.1) is 0 Å². The Morgan fingerprint density at radius 1 is 1.15 bits per heavy atom. The number of para-hydroxylation sites is 1. The van der Waals surface area contributed by atoms with Crippen LogP contribution in [0.2, 0.25) is 5.02 Å². The quantitative estimate of drug-likeness (QED) is 0.493. The summed E-state index contributed by atoms with van der Waals surface area (Å²) in [4.78, 5) is 13.0. The fourth-order valence-corrected chi connectivity index (χ4v) is 4.91. The number of sulfonamides is 1. The van der Waals surface area contributed by atoms with Gasteiger partial charge in [0.05, 0.1) is 25.6 Å². The summed E-state index contributed by atoms with van der Waals surface area (Å²) < 4.78 is 37.7. The molecular weight excluding hydrogens is 464 g/mol. The summed E-state index contributed by atoms with van der Waals surface area (Å²) in [5.41, 5.74) is 1.20. The molecule has 1 amide bonds. The molecule has 1 atom stereocenters. The molecule has 182 valence electrons. The minimum atomic E-state index is -3.82. The van der Waals surface area contributed by atoms with Crippen LogP contribution in [0.3, 0.4) is 0 Å². The molecule has 0 aliphatic carbocycles. The van der Waals surface area contributed by atoms with Gasteiger partial charge in [-0.2, -0.15) is 0 Å². The molecule has 0 radical (unpaired) electrons. The number of carbonyl (C=O) groups excluding carboxylic acids is 1. The lowest BCUT2D eigenvalue weighted by Gasteiger charge is -2.31. The van der Waals surface area contributed by atoms with Gasteiger partial charge in [-0.3, -0.25) is 9.10 Å². The maximum Gasteiger partial charge on any atom is 0.244 e. The molecule has 7 nitrogen and oxygen atoms in total. The average molecular weight is 497 g/mol. The van der Waals surface area contributed by atoms with E-state index in [0.717, 1.165) is 21.9 Å². The number of nitrogens with one attached hydrogen (secondary N) is 1. The third-order valence-electron chi connectivity index (χ3n) is 5.06. The molecule has 0 saturated heterocycles. The molecule has 1 N–H and O–H groups in total. The zero-order chi connectivity index (χ0) is 24.8. The van der Waals surface area contributed by atoms with E-state index in [2.05, 4.69) is 26.1 Å². The number of carbonyl (C=O) groups is 1. The van der Waals surface area contributed by atoms with Crippen molar-refractivity contribution in [2.75, 3.05) is 30.8 Å². The number of benzene rings is 2. The van der Waals surface area contributed by atoms with Crippen LogP contribution in [0.5, 0.6) is 11.5 Å². The van der Waals surface area contributed by atoms with Crippen LogP contribution in [0.25, 0.3) is 0 Å². The van der Waals surface area contributed by atoms with Gasteiger partial charge < -0.3 is 14.8 Å². The number of methoxy groups -OCH3 is 1. The maximum absolute atomic E-state index is 13.0. The molecule has 0 fully saturated rings. The van der Waals surface area contributed by atoms with E-state index in [1.807, 2.05) is 24.3 Å². The zero-order valence-corrected chi connectivity index (χ0v) is 21.6. The smallest absolute Gasteiger partial charge is 0.244 e. The van der Waals surface area contributed by atoms with Crippen molar-refractivity contribution in [1.82, 2.24) is 5.32 Å². The Kier molecular flexibility index (Phi) is 9.03. The standard InChI is InChI=1S/C24H33ClN2O5S/c1-7-19(27(33(6,29)30)20-16-17(25)12-13-22(20)31-5)23(28)26-14-15-32-21-11-9-8-10-18(21)24(2,3)4/h8-13,16,19H,7,14-15H2,1-6H3,(H,26,28)/t19-/m1/s1. The van der Waals surface area contributed by atoms with Gasteiger partial charge in [0, 0.05) is 5.02 Å². The van der Waals surface area contributed by atoms with Gasteiger partial charge in [-0.05, 0) is 41.7 Å². The van der Waals surface area contributed by atoms with Gasteiger partial charge in [0.15, 0.2) is 0 Å². The molecule has 0 bridgehead atoms. The Morgan fingerprint density at radius 2 is 1.82 bits per heavy atom. The number of amides is 1. The summed E-state index contributed by atoms with van der Waals surface area (Å²) in [7, 11) is -2.39. The van der Waals surface area contributed by atoms with Crippen LogP contribution >= 0.6 is 11.6 Å². The summed E-state index contributed by atoms with van der Waals surface area (Å²) in [5.74, 6) is 0.628. The Bertz CT molecular complexity index is 1070. The zero-order valence-electron chi connectivity index (χ0n) is 20.0. The molecule has 0 saturated carbocycles. The number of ether oxygens (including phenoxy) is 2. The first kappa shape index (κ1) is 26.8. The van der Waals surface area contributed by atoms with Crippen molar-refractivity contribution >= 4 is 33.2 Å². The van der Waals surface area contributed by atoms with E-state index in [0.29, 0.717) is 10.8 Å². The molecule has 2 rings (SSSR count).